The topological polar surface area (TPSA) is 116 Å². The summed E-state index contributed by atoms with van der Waals surface area (Å²) in [7, 11) is -5.47. The molecular formula is C29H46N4O7SSi. The van der Waals surface area contributed by atoms with E-state index in [1.54, 1.807) is 0 Å². The van der Waals surface area contributed by atoms with Crippen molar-refractivity contribution in [1.29, 1.82) is 0 Å². The molecule has 0 N–H and O–H groups in total. The number of hydrogen-bond donors (Lipinski definition) is 0. The molecule has 1 aromatic carbocycles. The van der Waals surface area contributed by atoms with Gasteiger partial charge in [-0.15, -0.1) is 0 Å². The summed E-state index contributed by atoms with van der Waals surface area (Å²) in [5, 5.41) is 10.8. The zero-order valence-corrected chi connectivity index (χ0v) is 27.8. The van der Waals surface area contributed by atoms with Crippen LogP contribution in [0.3, 0.4) is 0 Å². The summed E-state index contributed by atoms with van der Waals surface area (Å²) in [5.41, 5.74) is 2.79. The van der Waals surface area contributed by atoms with Crippen LogP contribution in [0.2, 0.25) is 18.1 Å². The summed E-state index contributed by atoms with van der Waals surface area (Å²) in [6.45, 7) is 15.4. The van der Waals surface area contributed by atoms with Crippen molar-refractivity contribution in [2.24, 2.45) is 0 Å². The van der Waals surface area contributed by atoms with Gasteiger partial charge in [0, 0.05) is 23.8 Å². The lowest BCUT2D eigenvalue weighted by atomic mass is 10.1. The number of ether oxygens (including phenoxy) is 3. The molecule has 0 saturated carbocycles. The predicted octanol–water partition coefficient (Wildman–Crippen LogP) is 5.38. The molecule has 1 unspecified atom stereocenters. The summed E-state index contributed by atoms with van der Waals surface area (Å²) in [6, 6.07) is 6.27. The molecule has 0 radical (unpaired) electrons. The van der Waals surface area contributed by atoms with Crippen LogP contribution < -0.4 is 4.43 Å². The maximum atomic E-state index is 11.0. The van der Waals surface area contributed by atoms with E-state index in [4.69, 9.17) is 23.7 Å². The Labute approximate surface area is 250 Å². The Hall–Kier alpha value is -2.29. The van der Waals surface area contributed by atoms with Gasteiger partial charge in [0.05, 0.1) is 57.0 Å². The van der Waals surface area contributed by atoms with Crippen molar-refractivity contribution in [2.45, 2.75) is 84.0 Å². The fraction of sp³-hybridized carbons (Fsp3) is 0.655. The second-order valence-electron chi connectivity index (χ2n) is 12.4. The predicted molar refractivity (Wildman–Crippen MR) is 165 cm³/mol. The number of rotatable bonds is 14. The van der Waals surface area contributed by atoms with Crippen molar-refractivity contribution >= 4 is 29.3 Å². The van der Waals surface area contributed by atoms with Crippen molar-refractivity contribution in [1.82, 2.24) is 19.6 Å². The van der Waals surface area contributed by atoms with E-state index in [9.17, 15) is 8.42 Å². The van der Waals surface area contributed by atoms with Crippen LogP contribution in [0.1, 0.15) is 53.2 Å². The van der Waals surface area contributed by atoms with Gasteiger partial charge in [-0.3, -0.25) is 8.86 Å². The zero-order valence-electron chi connectivity index (χ0n) is 26.0. The minimum absolute atomic E-state index is 0.00826. The molecule has 1 fully saturated rings. The third kappa shape index (κ3) is 8.63. The summed E-state index contributed by atoms with van der Waals surface area (Å²) >= 11 is 0. The lowest BCUT2D eigenvalue weighted by molar-refractivity contribution is -0.0365. The largest absolute Gasteiger partial charge is 0.543 e. The van der Waals surface area contributed by atoms with Gasteiger partial charge in [0.15, 0.2) is 6.23 Å². The van der Waals surface area contributed by atoms with Gasteiger partial charge >= 0.3 is 0 Å². The number of aromatic nitrogens is 4. The van der Waals surface area contributed by atoms with Gasteiger partial charge in [-0.2, -0.15) is 18.6 Å². The Morgan fingerprint density at radius 1 is 1.14 bits per heavy atom. The van der Waals surface area contributed by atoms with Crippen LogP contribution in [0.25, 0.3) is 22.2 Å². The molecule has 0 aliphatic carbocycles. The lowest BCUT2D eigenvalue weighted by Crippen LogP contribution is -2.43. The van der Waals surface area contributed by atoms with E-state index in [-0.39, 0.29) is 30.6 Å². The molecule has 0 spiro atoms. The zero-order chi connectivity index (χ0) is 30.5. The molecule has 1 saturated heterocycles. The SMILES string of the molecule is C[C@H](Cn1cc(-c2nn(C3CCCCO3)c3ccc(O[Si](C)(C)C(C)(C)C)cc23)cn1)OCCOCCOS(C)(=O)=O. The Balaban J connectivity index is 1.47. The Morgan fingerprint density at radius 2 is 1.90 bits per heavy atom. The fourth-order valence-electron chi connectivity index (χ4n) is 4.54. The van der Waals surface area contributed by atoms with Crippen molar-refractivity contribution < 1.29 is 31.2 Å². The van der Waals surface area contributed by atoms with Crippen LogP contribution in [-0.4, -0.2) is 81.7 Å². The molecule has 3 heterocycles. The van der Waals surface area contributed by atoms with Gasteiger partial charge in [0.25, 0.3) is 10.1 Å². The van der Waals surface area contributed by atoms with Crippen LogP contribution in [0, 0.1) is 0 Å². The average Bonchev–Trinajstić information content (AvgIpc) is 3.51. The van der Waals surface area contributed by atoms with E-state index in [2.05, 4.69) is 61.3 Å². The smallest absolute Gasteiger partial charge is 0.264 e. The molecule has 234 valence electrons. The van der Waals surface area contributed by atoms with E-state index in [1.807, 2.05) is 28.7 Å². The Bertz CT molecular complexity index is 1430. The monoisotopic (exact) mass is 622 g/mol. The van der Waals surface area contributed by atoms with E-state index < -0.39 is 18.4 Å². The highest BCUT2D eigenvalue weighted by Gasteiger charge is 2.39. The first kappa shape index (κ1) is 32.6. The minimum atomic E-state index is -3.45. The maximum Gasteiger partial charge on any atom is 0.264 e. The molecular weight excluding hydrogens is 576 g/mol. The van der Waals surface area contributed by atoms with Gasteiger partial charge in [-0.1, -0.05) is 20.8 Å². The molecule has 0 amide bonds. The third-order valence-electron chi connectivity index (χ3n) is 7.79. The summed E-state index contributed by atoms with van der Waals surface area (Å²) in [6.07, 6.45) is 7.77. The normalized spacial score (nSPS) is 17.5. The summed E-state index contributed by atoms with van der Waals surface area (Å²) < 4.78 is 54.5. The van der Waals surface area contributed by atoms with Gasteiger partial charge in [0.1, 0.15) is 11.4 Å². The third-order valence-corrected chi connectivity index (χ3v) is 12.7. The van der Waals surface area contributed by atoms with E-state index in [0.29, 0.717) is 19.8 Å². The van der Waals surface area contributed by atoms with Crippen LogP contribution in [0.5, 0.6) is 5.75 Å². The second kappa shape index (κ2) is 13.6. The first-order valence-corrected chi connectivity index (χ1v) is 19.4. The molecule has 11 nitrogen and oxygen atoms in total. The second-order valence-corrected chi connectivity index (χ2v) is 18.8. The highest BCUT2D eigenvalue weighted by molar-refractivity contribution is 7.85. The van der Waals surface area contributed by atoms with Gasteiger partial charge < -0.3 is 18.6 Å². The standard InChI is InChI=1S/C29H46N4O7SSi/c1-22(37-16-14-36-15-17-39-41(5,34)35)20-32-21-23(19-30-32)28-25-18-24(40-42(6,7)29(2,3)4)11-12-26(25)33(31-28)27-10-8-9-13-38-27/h11-12,18-19,21-22,27H,8-10,13-17,20H2,1-7H3/t22-,27?/m1/s1. The number of nitrogens with zero attached hydrogens (tertiary/aromatic N) is 4. The summed E-state index contributed by atoms with van der Waals surface area (Å²) in [5.74, 6) is 0.860. The van der Waals surface area contributed by atoms with Crippen molar-refractivity contribution in [3.8, 4) is 17.0 Å². The Kier molecular flexibility index (Phi) is 10.5. The highest BCUT2D eigenvalue weighted by atomic mass is 32.2. The number of fused-ring (bicyclic) bond motifs is 1. The molecule has 13 heteroatoms. The van der Waals surface area contributed by atoms with E-state index in [1.165, 1.54) is 0 Å². The molecule has 1 aliphatic rings. The van der Waals surface area contributed by atoms with Crippen LogP contribution in [0.15, 0.2) is 30.6 Å². The molecule has 2 aromatic heterocycles. The highest BCUT2D eigenvalue weighted by Crippen LogP contribution is 2.39. The van der Waals surface area contributed by atoms with Crippen LogP contribution in [0.4, 0.5) is 0 Å². The molecule has 4 rings (SSSR count). The van der Waals surface area contributed by atoms with Gasteiger partial charge in [-0.05, 0) is 62.5 Å². The molecule has 2 atom stereocenters. The van der Waals surface area contributed by atoms with Crippen molar-refractivity contribution in [3.05, 3.63) is 30.6 Å². The van der Waals surface area contributed by atoms with Crippen LogP contribution in [-0.2, 0) is 35.1 Å². The van der Waals surface area contributed by atoms with Gasteiger partial charge in [0.2, 0.25) is 8.32 Å². The maximum absolute atomic E-state index is 11.0. The Morgan fingerprint density at radius 3 is 2.60 bits per heavy atom. The first-order valence-electron chi connectivity index (χ1n) is 14.6. The van der Waals surface area contributed by atoms with Crippen molar-refractivity contribution in [2.75, 3.05) is 39.3 Å². The first-order chi connectivity index (χ1) is 19.7. The molecule has 42 heavy (non-hydrogen) atoms. The summed E-state index contributed by atoms with van der Waals surface area (Å²) in [4.78, 5) is 0. The quantitative estimate of drug-likeness (QED) is 0.133. The average molecular weight is 623 g/mol. The van der Waals surface area contributed by atoms with Crippen molar-refractivity contribution in [3.63, 3.8) is 0 Å². The number of benzene rings is 1. The van der Waals surface area contributed by atoms with Gasteiger partial charge in [-0.25, -0.2) is 4.68 Å². The van der Waals surface area contributed by atoms with Crippen LogP contribution >= 0.6 is 0 Å². The molecule has 3 aromatic rings. The lowest BCUT2D eigenvalue weighted by Gasteiger charge is -2.36. The number of hydrogen-bond acceptors (Lipinski definition) is 9. The van der Waals surface area contributed by atoms with E-state index >= 15 is 0 Å². The van der Waals surface area contributed by atoms with E-state index in [0.717, 1.165) is 60.0 Å². The molecule has 1 aliphatic heterocycles. The fourth-order valence-corrected chi connectivity index (χ4v) is 5.93. The minimum Gasteiger partial charge on any atom is -0.543 e. The molecule has 0 bridgehead atoms.